The smallest absolute Gasteiger partial charge is 0.315 e. The number of carbonyl (C=O) groups excluding carboxylic acids is 1. The van der Waals surface area contributed by atoms with Gasteiger partial charge in [0.05, 0.1) is 13.2 Å². The predicted molar refractivity (Wildman–Crippen MR) is 79.8 cm³/mol. The van der Waals surface area contributed by atoms with Crippen LogP contribution in [-0.2, 0) is 4.74 Å². The van der Waals surface area contributed by atoms with Gasteiger partial charge in [-0.2, -0.15) is 0 Å². The molecule has 1 heterocycles. The second-order valence-corrected chi connectivity index (χ2v) is 5.78. The zero-order chi connectivity index (χ0) is 14.4. The van der Waals surface area contributed by atoms with Gasteiger partial charge in [0.1, 0.15) is 0 Å². The average Bonchev–Trinajstić information content (AvgIpc) is 3.27. The molecule has 2 amide bonds. The molecule has 0 spiro atoms. The van der Waals surface area contributed by atoms with Crippen molar-refractivity contribution in [3.8, 4) is 0 Å². The van der Waals surface area contributed by atoms with E-state index in [0.717, 1.165) is 45.7 Å². The summed E-state index contributed by atoms with van der Waals surface area (Å²) in [7, 11) is 0. The molecule has 114 valence electrons. The maximum Gasteiger partial charge on any atom is 0.315 e. The average molecular weight is 281 g/mol. The third-order valence-electron chi connectivity index (χ3n) is 4.37. The monoisotopic (exact) mass is 281 g/mol. The molecule has 20 heavy (non-hydrogen) atoms. The first kappa shape index (κ1) is 15.3. The molecule has 0 radical (unpaired) electrons. The number of urea groups is 1. The summed E-state index contributed by atoms with van der Waals surface area (Å²) >= 11 is 0. The Bertz CT molecular complexity index is 336. The van der Waals surface area contributed by atoms with Gasteiger partial charge in [-0.05, 0) is 25.7 Å². The van der Waals surface area contributed by atoms with Crippen molar-refractivity contribution < 1.29 is 9.53 Å². The number of carbonyl (C=O) groups is 1. The lowest BCUT2D eigenvalue weighted by atomic mass is 10.1. The Labute approximate surface area is 121 Å². The van der Waals surface area contributed by atoms with Gasteiger partial charge in [-0.3, -0.25) is 4.90 Å². The van der Waals surface area contributed by atoms with E-state index in [1.165, 1.54) is 12.8 Å². The van der Waals surface area contributed by atoms with Gasteiger partial charge in [0.15, 0.2) is 0 Å². The fourth-order valence-electron chi connectivity index (χ4n) is 2.80. The number of hydrogen-bond acceptors (Lipinski definition) is 3. The number of nitrogens with zero attached hydrogens (tertiary/aromatic N) is 1. The van der Waals surface area contributed by atoms with Gasteiger partial charge in [-0.1, -0.05) is 13.0 Å². The molecule has 0 unspecified atom stereocenters. The molecular weight excluding hydrogens is 254 g/mol. The summed E-state index contributed by atoms with van der Waals surface area (Å²) in [5.74, 6) is 0. The van der Waals surface area contributed by atoms with E-state index in [1.54, 1.807) is 0 Å². The van der Waals surface area contributed by atoms with Crippen LogP contribution in [0.5, 0.6) is 0 Å². The molecule has 1 aliphatic heterocycles. The van der Waals surface area contributed by atoms with E-state index in [1.807, 2.05) is 6.08 Å². The van der Waals surface area contributed by atoms with E-state index in [2.05, 4.69) is 29.0 Å². The minimum atomic E-state index is -0.0572. The van der Waals surface area contributed by atoms with Gasteiger partial charge in [0.2, 0.25) is 0 Å². The van der Waals surface area contributed by atoms with Gasteiger partial charge in [0.25, 0.3) is 0 Å². The maximum absolute atomic E-state index is 11.9. The molecule has 0 aromatic rings. The summed E-state index contributed by atoms with van der Waals surface area (Å²) < 4.78 is 5.39. The molecule has 1 aliphatic carbocycles. The van der Waals surface area contributed by atoms with Gasteiger partial charge < -0.3 is 15.4 Å². The summed E-state index contributed by atoms with van der Waals surface area (Å²) in [6.45, 7) is 10.1. The fraction of sp³-hybridized carbons (Fsp3) is 0.800. The Balaban J connectivity index is 1.73. The van der Waals surface area contributed by atoms with E-state index >= 15 is 0 Å². The summed E-state index contributed by atoms with van der Waals surface area (Å²) in [6, 6.07) is 0.129. The molecule has 5 heteroatoms. The molecule has 2 N–H and O–H groups in total. The second kappa shape index (κ2) is 7.09. The van der Waals surface area contributed by atoms with Gasteiger partial charge >= 0.3 is 6.03 Å². The van der Waals surface area contributed by atoms with Crippen LogP contribution >= 0.6 is 0 Å². The maximum atomic E-state index is 11.9. The van der Waals surface area contributed by atoms with Crippen LogP contribution in [0.2, 0.25) is 0 Å². The minimum Gasteiger partial charge on any atom is -0.379 e. The SMILES string of the molecule is C=CC[C@@H](CC)NC(=O)NCC1(N2CCOCC2)CC1. The van der Waals surface area contributed by atoms with Crippen LogP contribution < -0.4 is 10.6 Å². The summed E-state index contributed by atoms with van der Waals surface area (Å²) in [5.41, 5.74) is 0.196. The highest BCUT2D eigenvalue weighted by molar-refractivity contribution is 5.74. The van der Waals surface area contributed by atoms with Crippen LogP contribution in [0, 0.1) is 0 Å². The molecule has 2 rings (SSSR count). The van der Waals surface area contributed by atoms with E-state index in [0.29, 0.717) is 0 Å². The van der Waals surface area contributed by atoms with Crippen molar-refractivity contribution >= 4 is 6.03 Å². The summed E-state index contributed by atoms with van der Waals surface area (Å²) in [4.78, 5) is 14.4. The number of nitrogens with one attached hydrogen (secondary N) is 2. The fourth-order valence-corrected chi connectivity index (χ4v) is 2.80. The minimum absolute atomic E-state index is 0.0572. The molecule has 0 bridgehead atoms. The lowest BCUT2D eigenvalue weighted by Crippen LogP contribution is -2.52. The first-order valence-electron chi connectivity index (χ1n) is 7.68. The third kappa shape index (κ3) is 3.96. The largest absolute Gasteiger partial charge is 0.379 e. The van der Waals surface area contributed by atoms with Crippen molar-refractivity contribution in [1.29, 1.82) is 0 Å². The Morgan fingerprint density at radius 1 is 1.45 bits per heavy atom. The first-order valence-corrected chi connectivity index (χ1v) is 7.68. The molecule has 1 saturated carbocycles. The summed E-state index contributed by atoms with van der Waals surface area (Å²) in [5, 5.41) is 6.05. The van der Waals surface area contributed by atoms with Crippen LogP contribution in [0.3, 0.4) is 0 Å². The Kier molecular flexibility index (Phi) is 5.43. The zero-order valence-corrected chi connectivity index (χ0v) is 12.5. The molecule has 0 aromatic carbocycles. The predicted octanol–water partition coefficient (Wildman–Crippen LogP) is 1.51. The van der Waals surface area contributed by atoms with Crippen LogP contribution in [0.1, 0.15) is 32.6 Å². The number of amides is 2. The lowest BCUT2D eigenvalue weighted by molar-refractivity contribution is 0.0102. The van der Waals surface area contributed by atoms with Crippen molar-refractivity contribution in [2.45, 2.75) is 44.2 Å². The van der Waals surface area contributed by atoms with E-state index in [9.17, 15) is 4.79 Å². The first-order chi connectivity index (χ1) is 9.70. The quantitative estimate of drug-likeness (QED) is 0.695. The van der Waals surface area contributed by atoms with E-state index in [4.69, 9.17) is 4.74 Å². The van der Waals surface area contributed by atoms with Crippen molar-refractivity contribution in [2.75, 3.05) is 32.8 Å². The Morgan fingerprint density at radius 2 is 2.15 bits per heavy atom. The Hall–Kier alpha value is -1.07. The topological polar surface area (TPSA) is 53.6 Å². The Morgan fingerprint density at radius 3 is 2.70 bits per heavy atom. The highest BCUT2D eigenvalue weighted by atomic mass is 16.5. The van der Waals surface area contributed by atoms with Gasteiger partial charge in [0, 0.05) is 31.2 Å². The molecular formula is C15H27N3O2. The van der Waals surface area contributed by atoms with Crippen LogP contribution in [0.4, 0.5) is 4.79 Å². The van der Waals surface area contributed by atoms with Crippen LogP contribution in [0.25, 0.3) is 0 Å². The summed E-state index contributed by atoms with van der Waals surface area (Å²) in [6.07, 6.45) is 5.95. The molecule has 1 saturated heterocycles. The zero-order valence-electron chi connectivity index (χ0n) is 12.5. The molecule has 5 nitrogen and oxygen atoms in total. The van der Waals surface area contributed by atoms with Crippen molar-refractivity contribution in [2.24, 2.45) is 0 Å². The molecule has 1 atom stereocenters. The number of rotatable bonds is 7. The number of ether oxygens (including phenoxy) is 1. The van der Waals surface area contributed by atoms with Crippen LogP contribution in [0.15, 0.2) is 12.7 Å². The molecule has 2 fully saturated rings. The lowest BCUT2D eigenvalue weighted by Gasteiger charge is -2.35. The molecule has 0 aromatic heterocycles. The van der Waals surface area contributed by atoms with Gasteiger partial charge in [-0.15, -0.1) is 6.58 Å². The third-order valence-corrected chi connectivity index (χ3v) is 4.37. The van der Waals surface area contributed by atoms with E-state index < -0.39 is 0 Å². The van der Waals surface area contributed by atoms with Crippen molar-refractivity contribution in [3.05, 3.63) is 12.7 Å². The normalized spacial score (nSPS) is 22.9. The van der Waals surface area contributed by atoms with Crippen molar-refractivity contribution in [3.63, 3.8) is 0 Å². The van der Waals surface area contributed by atoms with Crippen LogP contribution in [-0.4, -0.2) is 55.4 Å². The van der Waals surface area contributed by atoms with E-state index in [-0.39, 0.29) is 17.6 Å². The standard InChI is InChI=1S/C15H27N3O2/c1-3-5-13(4-2)17-14(19)16-12-15(6-7-15)18-8-10-20-11-9-18/h3,13H,1,4-12H2,2H3,(H2,16,17,19)/t13-/m1/s1. The highest BCUT2D eigenvalue weighted by Crippen LogP contribution is 2.41. The number of hydrogen-bond donors (Lipinski definition) is 2. The van der Waals surface area contributed by atoms with Crippen molar-refractivity contribution in [1.82, 2.24) is 15.5 Å². The molecule has 2 aliphatic rings. The highest BCUT2D eigenvalue weighted by Gasteiger charge is 2.48. The van der Waals surface area contributed by atoms with Gasteiger partial charge in [-0.25, -0.2) is 4.79 Å². The second-order valence-electron chi connectivity index (χ2n) is 5.78. The number of morpholine rings is 1.